The number of halogens is 2. The van der Waals surface area contributed by atoms with Gasteiger partial charge in [0.25, 0.3) is 5.91 Å². The Kier molecular flexibility index (Phi) is 8.02. The average Bonchev–Trinajstić information content (AvgIpc) is 2.78. The monoisotopic (exact) mass is 496 g/mol. The third-order valence-electron chi connectivity index (χ3n) is 5.08. The first kappa shape index (κ1) is 25.3. The van der Waals surface area contributed by atoms with Crippen LogP contribution < -0.4 is 15.4 Å². The Hall–Kier alpha value is -3.28. The number of carbonyl (C=O) groups is 2. The van der Waals surface area contributed by atoms with Crippen molar-refractivity contribution in [2.24, 2.45) is 0 Å². The summed E-state index contributed by atoms with van der Waals surface area (Å²) in [5.74, 6) is -0.105. The van der Waals surface area contributed by atoms with Crippen molar-refractivity contribution in [2.45, 2.75) is 26.2 Å². The Morgan fingerprint density at radius 3 is 2.03 bits per heavy atom. The molecule has 0 fully saturated rings. The van der Waals surface area contributed by atoms with Crippen molar-refractivity contribution in [3.05, 3.63) is 93.5 Å². The van der Waals surface area contributed by atoms with E-state index in [4.69, 9.17) is 27.9 Å². The summed E-state index contributed by atoms with van der Waals surface area (Å²) in [6.07, 6.45) is 2.94. The Labute approximate surface area is 209 Å². The smallest absolute Gasteiger partial charge is 0.255 e. The number of benzene rings is 3. The van der Waals surface area contributed by atoms with Crippen molar-refractivity contribution in [2.75, 3.05) is 17.7 Å². The largest absolute Gasteiger partial charge is 0.495 e. The van der Waals surface area contributed by atoms with E-state index in [0.29, 0.717) is 38.3 Å². The van der Waals surface area contributed by atoms with Crippen LogP contribution >= 0.6 is 23.2 Å². The van der Waals surface area contributed by atoms with Gasteiger partial charge < -0.3 is 15.4 Å². The van der Waals surface area contributed by atoms with Crippen LogP contribution in [0.3, 0.4) is 0 Å². The number of anilines is 2. The fourth-order valence-electron chi connectivity index (χ4n) is 3.23. The minimum Gasteiger partial charge on any atom is -0.495 e. The van der Waals surface area contributed by atoms with Gasteiger partial charge in [-0.2, -0.15) is 0 Å². The van der Waals surface area contributed by atoms with Crippen LogP contribution in [0, 0.1) is 0 Å². The molecule has 0 unspecified atom stereocenters. The molecule has 0 heterocycles. The van der Waals surface area contributed by atoms with Crippen LogP contribution in [0.4, 0.5) is 11.4 Å². The lowest BCUT2D eigenvalue weighted by molar-refractivity contribution is -0.111. The third-order valence-corrected chi connectivity index (χ3v) is 5.58. The standard InChI is InChI=1S/C27H26Cl2N2O3/c1-27(2,3)19-8-5-17(6-9-19)26(33)31-22-12-10-21(11-13-22)30-24(32)14-7-18-15-20(28)16-23(29)25(18)34-4/h5-16H,1-4H3,(H,30,32)(H,31,33)/b14-7+. The fourth-order valence-corrected chi connectivity index (χ4v) is 3.82. The SMILES string of the molecule is COc1c(Cl)cc(Cl)cc1/C=C/C(=O)Nc1ccc(NC(=O)c2ccc(C(C)(C)C)cc2)cc1. The molecule has 0 saturated carbocycles. The summed E-state index contributed by atoms with van der Waals surface area (Å²) in [5, 5.41) is 6.43. The van der Waals surface area contributed by atoms with E-state index in [-0.39, 0.29) is 17.2 Å². The topological polar surface area (TPSA) is 67.4 Å². The zero-order chi connectivity index (χ0) is 24.9. The van der Waals surface area contributed by atoms with Crippen LogP contribution in [-0.2, 0) is 10.2 Å². The molecule has 176 valence electrons. The molecule has 3 aromatic rings. The minimum absolute atomic E-state index is 0.0255. The minimum atomic E-state index is -0.339. The summed E-state index contributed by atoms with van der Waals surface area (Å²) >= 11 is 12.2. The summed E-state index contributed by atoms with van der Waals surface area (Å²) in [4.78, 5) is 24.9. The van der Waals surface area contributed by atoms with Crippen molar-refractivity contribution >= 4 is 52.5 Å². The van der Waals surface area contributed by atoms with E-state index < -0.39 is 0 Å². The summed E-state index contributed by atoms with van der Waals surface area (Å²) < 4.78 is 5.27. The summed E-state index contributed by atoms with van der Waals surface area (Å²) in [5.41, 5.74) is 3.55. The van der Waals surface area contributed by atoms with Crippen LogP contribution in [0.15, 0.2) is 66.7 Å². The molecule has 0 atom stereocenters. The molecule has 7 heteroatoms. The van der Waals surface area contributed by atoms with Gasteiger partial charge in [0.15, 0.2) is 0 Å². The molecule has 5 nitrogen and oxygen atoms in total. The lowest BCUT2D eigenvalue weighted by atomic mass is 9.87. The highest BCUT2D eigenvalue weighted by molar-refractivity contribution is 6.36. The maximum Gasteiger partial charge on any atom is 0.255 e. The Morgan fingerprint density at radius 2 is 1.47 bits per heavy atom. The molecule has 2 N–H and O–H groups in total. The number of nitrogens with one attached hydrogen (secondary N) is 2. The summed E-state index contributed by atoms with van der Waals surface area (Å²) in [6, 6.07) is 17.7. The summed E-state index contributed by atoms with van der Waals surface area (Å²) in [6.45, 7) is 6.38. The highest BCUT2D eigenvalue weighted by atomic mass is 35.5. The second-order valence-corrected chi connectivity index (χ2v) is 9.54. The van der Waals surface area contributed by atoms with Gasteiger partial charge in [-0.25, -0.2) is 0 Å². The van der Waals surface area contributed by atoms with Gasteiger partial charge in [0.05, 0.1) is 12.1 Å². The Morgan fingerprint density at radius 1 is 0.882 bits per heavy atom. The van der Waals surface area contributed by atoms with Gasteiger partial charge in [0.2, 0.25) is 5.91 Å². The molecule has 3 rings (SSSR count). The highest BCUT2D eigenvalue weighted by Crippen LogP contribution is 2.33. The maximum atomic E-state index is 12.5. The number of rotatable bonds is 6. The van der Waals surface area contributed by atoms with Gasteiger partial charge >= 0.3 is 0 Å². The molecule has 0 saturated heterocycles. The molecule has 2 amide bonds. The molecule has 0 aliphatic carbocycles. The first-order chi connectivity index (χ1) is 16.1. The van der Waals surface area contributed by atoms with Crippen LogP contribution in [0.5, 0.6) is 5.75 Å². The molecular weight excluding hydrogens is 471 g/mol. The van der Waals surface area contributed by atoms with E-state index in [9.17, 15) is 9.59 Å². The van der Waals surface area contributed by atoms with E-state index in [2.05, 4.69) is 31.4 Å². The highest BCUT2D eigenvalue weighted by Gasteiger charge is 2.14. The van der Waals surface area contributed by atoms with Crippen molar-refractivity contribution in [3.63, 3.8) is 0 Å². The fraction of sp³-hybridized carbons (Fsp3) is 0.185. The van der Waals surface area contributed by atoms with Gasteiger partial charge in [-0.15, -0.1) is 0 Å². The van der Waals surface area contributed by atoms with Crippen molar-refractivity contribution in [1.29, 1.82) is 0 Å². The number of hydrogen-bond donors (Lipinski definition) is 2. The van der Waals surface area contributed by atoms with E-state index in [1.54, 1.807) is 42.5 Å². The normalized spacial score (nSPS) is 11.4. The van der Waals surface area contributed by atoms with Crippen molar-refractivity contribution < 1.29 is 14.3 Å². The van der Waals surface area contributed by atoms with Crippen molar-refractivity contribution in [1.82, 2.24) is 0 Å². The lowest BCUT2D eigenvalue weighted by Gasteiger charge is -2.19. The van der Waals surface area contributed by atoms with Crippen LogP contribution in [0.2, 0.25) is 10.0 Å². The molecular formula is C27H26Cl2N2O3. The second-order valence-electron chi connectivity index (χ2n) is 8.69. The van der Waals surface area contributed by atoms with Gasteiger partial charge in [0.1, 0.15) is 5.75 Å². The lowest BCUT2D eigenvalue weighted by Crippen LogP contribution is -2.14. The van der Waals surface area contributed by atoms with Gasteiger partial charge in [-0.05, 0) is 65.6 Å². The van der Waals surface area contributed by atoms with Crippen LogP contribution in [0.1, 0.15) is 42.3 Å². The Balaban J connectivity index is 1.61. The van der Waals surface area contributed by atoms with Gasteiger partial charge in [0, 0.05) is 33.6 Å². The predicted octanol–water partition coefficient (Wildman–Crippen LogP) is 7.20. The Bertz CT molecular complexity index is 1210. The third kappa shape index (κ3) is 6.62. The number of hydrogen-bond acceptors (Lipinski definition) is 3. The first-order valence-electron chi connectivity index (χ1n) is 10.6. The predicted molar refractivity (Wildman–Crippen MR) is 140 cm³/mol. The zero-order valence-corrected chi connectivity index (χ0v) is 20.9. The quantitative estimate of drug-likeness (QED) is 0.354. The molecule has 0 bridgehead atoms. The molecule has 3 aromatic carbocycles. The first-order valence-corrected chi connectivity index (χ1v) is 11.4. The molecule has 34 heavy (non-hydrogen) atoms. The second kappa shape index (κ2) is 10.8. The number of ether oxygens (including phenoxy) is 1. The molecule has 0 aliphatic heterocycles. The molecule has 0 aromatic heterocycles. The average molecular weight is 497 g/mol. The summed E-state index contributed by atoms with van der Waals surface area (Å²) in [7, 11) is 1.49. The van der Waals surface area contributed by atoms with Crippen molar-refractivity contribution in [3.8, 4) is 5.75 Å². The zero-order valence-electron chi connectivity index (χ0n) is 19.4. The number of carbonyl (C=O) groups excluding carboxylic acids is 2. The van der Waals surface area contributed by atoms with E-state index in [1.165, 1.54) is 13.2 Å². The number of methoxy groups -OCH3 is 1. The van der Waals surface area contributed by atoms with Gasteiger partial charge in [-0.1, -0.05) is 56.1 Å². The molecule has 0 aliphatic rings. The van der Waals surface area contributed by atoms with Crippen LogP contribution in [0.25, 0.3) is 6.08 Å². The maximum absolute atomic E-state index is 12.5. The van der Waals surface area contributed by atoms with Crippen LogP contribution in [-0.4, -0.2) is 18.9 Å². The van der Waals surface area contributed by atoms with E-state index in [1.807, 2.05) is 24.3 Å². The van der Waals surface area contributed by atoms with E-state index >= 15 is 0 Å². The number of amides is 2. The van der Waals surface area contributed by atoms with E-state index in [0.717, 1.165) is 5.56 Å². The van der Waals surface area contributed by atoms with Gasteiger partial charge in [-0.3, -0.25) is 9.59 Å². The molecule has 0 radical (unpaired) electrons. The molecule has 0 spiro atoms.